The molecular formula is C11H15BrN4O. The molecule has 1 N–H and O–H groups in total. The number of nitrogens with one attached hydrogen (secondary N) is 1. The van der Waals surface area contributed by atoms with Crippen LogP contribution in [0.5, 0.6) is 0 Å². The van der Waals surface area contributed by atoms with Crippen LogP contribution in [0.25, 0.3) is 0 Å². The van der Waals surface area contributed by atoms with Crippen molar-refractivity contribution >= 4 is 15.9 Å². The van der Waals surface area contributed by atoms with Crippen molar-refractivity contribution in [1.29, 1.82) is 0 Å². The average molecular weight is 299 g/mol. The Morgan fingerprint density at radius 2 is 2.35 bits per heavy atom. The Morgan fingerprint density at radius 1 is 1.59 bits per heavy atom. The molecule has 0 spiro atoms. The summed E-state index contributed by atoms with van der Waals surface area (Å²) in [5, 5.41) is 11.3. The van der Waals surface area contributed by atoms with E-state index in [1.165, 1.54) is 0 Å². The van der Waals surface area contributed by atoms with Crippen molar-refractivity contribution in [3.63, 3.8) is 0 Å². The molecule has 5 nitrogen and oxygen atoms in total. The number of aromatic nitrogens is 3. The normalized spacial score (nSPS) is 12.9. The van der Waals surface area contributed by atoms with Crippen molar-refractivity contribution in [2.45, 2.75) is 19.4 Å². The largest absolute Gasteiger partial charge is 0.469 e. The SMILES string of the molecule is CCc1occc1C(NC)c1c(Br)nnn1C. The number of nitrogens with zero attached hydrogens (tertiary/aromatic N) is 3. The fraction of sp³-hybridized carbons (Fsp3) is 0.455. The minimum atomic E-state index is 0.0260. The van der Waals surface area contributed by atoms with Crippen molar-refractivity contribution in [2.75, 3.05) is 7.05 Å². The number of halogens is 1. The Bertz CT molecular complexity index is 486. The molecule has 2 aromatic heterocycles. The smallest absolute Gasteiger partial charge is 0.153 e. The highest BCUT2D eigenvalue weighted by Gasteiger charge is 2.23. The Morgan fingerprint density at radius 3 is 2.88 bits per heavy atom. The number of rotatable bonds is 4. The summed E-state index contributed by atoms with van der Waals surface area (Å²) >= 11 is 3.43. The van der Waals surface area contributed by atoms with E-state index in [0.717, 1.165) is 28.0 Å². The summed E-state index contributed by atoms with van der Waals surface area (Å²) in [7, 11) is 3.79. The lowest BCUT2D eigenvalue weighted by atomic mass is 10.0. The fourth-order valence-corrected chi connectivity index (χ4v) is 2.54. The summed E-state index contributed by atoms with van der Waals surface area (Å²) < 4.78 is 7.98. The van der Waals surface area contributed by atoms with Gasteiger partial charge in [0.15, 0.2) is 4.60 Å². The molecule has 6 heteroatoms. The number of aryl methyl sites for hydroxylation is 2. The topological polar surface area (TPSA) is 55.9 Å². The van der Waals surface area contributed by atoms with Gasteiger partial charge >= 0.3 is 0 Å². The molecule has 0 bridgehead atoms. The van der Waals surface area contributed by atoms with E-state index < -0.39 is 0 Å². The van der Waals surface area contributed by atoms with Crippen LogP contribution >= 0.6 is 15.9 Å². The van der Waals surface area contributed by atoms with Crippen LogP contribution in [0.1, 0.15) is 30.0 Å². The van der Waals surface area contributed by atoms with Crippen LogP contribution in [0.15, 0.2) is 21.3 Å². The Balaban J connectivity index is 2.47. The molecule has 0 aliphatic rings. The first-order valence-electron chi connectivity index (χ1n) is 5.47. The van der Waals surface area contributed by atoms with Gasteiger partial charge in [-0.2, -0.15) is 0 Å². The van der Waals surface area contributed by atoms with Crippen LogP contribution in [-0.2, 0) is 13.5 Å². The molecule has 2 rings (SSSR count). The summed E-state index contributed by atoms with van der Waals surface area (Å²) in [4.78, 5) is 0. The molecule has 0 fully saturated rings. The highest BCUT2D eigenvalue weighted by molar-refractivity contribution is 9.10. The maximum Gasteiger partial charge on any atom is 0.153 e. The van der Waals surface area contributed by atoms with Gasteiger partial charge < -0.3 is 9.73 Å². The van der Waals surface area contributed by atoms with Crippen LogP contribution in [-0.4, -0.2) is 22.0 Å². The Labute approximate surface area is 108 Å². The van der Waals surface area contributed by atoms with Gasteiger partial charge in [0.1, 0.15) is 5.76 Å². The highest BCUT2D eigenvalue weighted by atomic mass is 79.9. The molecule has 2 aromatic rings. The van der Waals surface area contributed by atoms with Crippen LogP contribution in [0.2, 0.25) is 0 Å². The maximum absolute atomic E-state index is 5.47. The van der Waals surface area contributed by atoms with E-state index in [9.17, 15) is 0 Å². The van der Waals surface area contributed by atoms with Gasteiger partial charge in [-0.3, -0.25) is 0 Å². The molecule has 0 saturated carbocycles. The maximum atomic E-state index is 5.47. The van der Waals surface area contributed by atoms with E-state index in [-0.39, 0.29) is 6.04 Å². The molecule has 1 atom stereocenters. The van der Waals surface area contributed by atoms with Gasteiger partial charge in [0.05, 0.1) is 18.0 Å². The molecule has 0 saturated heterocycles. The zero-order valence-electron chi connectivity index (χ0n) is 10.1. The monoisotopic (exact) mass is 298 g/mol. The third-order valence-electron chi connectivity index (χ3n) is 2.80. The van der Waals surface area contributed by atoms with Crippen molar-refractivity contribution in [1.82, 2.24) is 20.3 Å². The first-order valence-corrected chi connectivity index (χ1v) is 6.26. The summed E-state index contributed by atoms with van der Waals surface area (Å²) in [6, 6.07) is 2.01. The van der Waals surface area contributed by atoms with E-state index in [1.807, 2.05) is 20.2 Å². The molecule has 0 amide bonds. The third kappa shape index (κ3) is 2.14. The van der Waals surface area contributed by atoms with Crippen molar-refractivity contribution in [2.24, 2.45) is 7.05 Å². The van der Waals surface area contributed by atoms with Crippen molar-refractivity contribution < 1.29 is 4.42 Å². The highest BCUT2D eigenvalue weighted by Crippen LogP contribution is 2.29. The second kappa shape index (κ2) is 5.01. The molecule has 0 aromatic carbocycles. The molecule has 0 aliphatic carbocycles. The number of furan rings is 1. The molecule has 0 radical (unpaired) electrons. The zero-order valence-corrected chi connectivity index (χ0v) is 11.7. The molecule has 2 heterocycles. The van der Waals surface area contributed by atoms with Gasteiger partial charge in [0, 0.05) is 19.0 Å². The van der Waals surface area contributed by atoms with E-state index in [2.05, 4.69) is 38.5 Å². The van der Waals surface area contributed by atoms with E-state index >= 15 is 0 Å². The standard InChI is InChI=1S/C11H15BrN4O/c1-4-8-7(5-6-17-8)9(13-2)10-11(12)14-15-16(10)3/h5-6,9,13H,4H2,1-3H3. The van der Waals surface area contributed by atoms with Gasteiger partial charge in [-0.25, -0.2) is 4.68 Å². The minimum Gasteiger partial charge on any atom is -0.469 e. The average Bonchev–Trinajstić information content (AvgIpc) is 2.91. The Kier molecular flexibility index (Phi) is 3.63. The van der Waals surface area contributed by atoms with Gasteiger partial charge in [0.2, 0.25) is 0 Å². The van der Waals surface area contributed by atoms with Crippen LogP contribution < -0.4 is 5.32 Å². The van der Waals surface area contributed by atoms with Gasteiger partial charge in [-0.1, -0.05) is 12.1 Å². The molecule has 0 aliphatic heterocycles. The summed E-state index contributed by atoms with van der Waals surface area (Å²) in [5.41, 5.74) is 2.12. The summed E-state index contributed by atoms with van der Waals surface area (Å²) in [6.45, 7) is 2.07. The lowest BCUT2D eigenvalue weighted by Gasteiger charge is -2.16. The van der Waals surface area contributed by atoms with E-state index in [4.69, 9.17) is 4.42 Å². The van der Waals surface area contributed by atoms with Crippen LogP contribution in [0, 0.1) is 0 Å². The minimum absolute atomic E-state index is 0.0260. The second-order valence-electron chi connectivity index (χ2n) is 3.76. The first-order chi connectivity index (χ1) is 8.19. The second-order valence-corrected chi connectivity index (χ2v) is 4.51. The van der Waals surface area contributed by atoms with E-state index in [1.54, 1.807) is 10.9 Å². The Hall–Kier alpha value is -1.14. The molecular weight excluding hydrogens is 284 g/mol. The van der Waals surface area contributed by atoms with Crippen molar-refractivity contribution in [3.8, 4) is 0 Å². The number of hydrogen-bond donors (Lipinski definition) is 1. The lowest BCUT2D eigenvalue weighted by molar-refractivity contribution is 0.500. The predicted octanol–water partition coefficient (Wildman–Crippen LogP) is 2.04. The summed E-state index contributed by atoms with van der Waals surface area (Å²) in [5.74, 6) is 0.984. The third-order valence-corrected chi connectivity index (χ3v) is 3.37. The zero-order chi connectivity index (χ0) is 12.4. The number of hydrogen-bond acceptors (Lipinski definition) is 4. The van der Waals surface area contributed by atoms with Gasteiger partial charge in [0.25, 0.3) is 0 Å². The fourth-order valence-electron chi connectivity index (χ4n) is 1.98. The van der Waals surface area contributed by atoms with Crippen LogP contribution in [0.4, 0.5) is 0 Å². The first kappa shape index (κ1) is 12.3. The molecule has 1 unspecified atom stereocenters. The van der Waals surface area contributed by atoms with E-state index in [0.29, 0.717) is 0 Å². The van der Waals surface area contributed by atoms with Crippen LogP contribution in [0.3, 0.4) is 0 Å². The molecule has 17 heavy (non-hydrogen) atoms. The molecule has 92 valence electrons. The van der Waals surface area contributed by atoms with Gasteiger partial charge in [-0.15, -0.1) is 5.10 Å². The summed E-state index contributed by atoms with van der Waals surface area (Å²) in [6.07, 6.45) is 2.58. The lowest BCUT2D eigenvalue weighted by Crippen LogP contribution is -2.21. The quantitative estimate of drug-likeness (QED) is 0.938. The van der Waals surface area contributed by atoms with Crippen molar-refractivity contribution in [3.05, 3.63) is 34.0 Å². The predicted molar refractivity (Wildman–Crippen MR) is 67.7 cm³/mol. The van der Waals surface area contributed by atoms with Gasteiger partial charge in [-0.05, 0) is 29.0 Å².